The Bertz CT molecular complexity index is 116. The first-order chi connectivity index (χ1) is 3.88. The number of azo groups is 1. The van der Waals surface area contributed by atoms with Crippen molar-refractivity contribution in [2.75, 3.05) is 0 Å². The third-order valence-corrected chi connectivity index (χ3v) is 2.34. The molecule has 2 nitrogen and oxygen atoms in total. The van der Waals surface area contributed by atoms with Gasteiger partial charge in [0.05, 0.1) is 12.1 Å². The van der Waals surface area contributed by atoms with E-state index in [0.717, 1.165) is 5.92 Å². The van der Waals surface area contributed by atoms with Crippen LogP contribution in [-0.4, -0.2) is 12.1 Å². The molecule has 0 spiro atoms. The lowest BCUT2D eigenvalue weighted by atomic mass is 10.1. The van der Waals surface area contributed by atoms with Gasteiger partial charge in [-0.1, -0.05) is 6.92 Å². The molecule has 2 heteroatoms. The molecule has 0 N–H and O–H groups in total. The van der Waals surface area contributed by atoms with Crippen LogP contribution in [0.1, 0.15) is 19.8 Å². The van der Waals surface area contributed by atoms with Crippen molar-refractivity contribution in [2.45, 2.75) is 31.8 Å². The van der Waals surface area contributed by atoms with Crippen LogP contribution in [0.15, 0.2) is 10.2 Å². The van der Waals surface area contributed by atoms with Gasteiger partial charge < -0.3 is 0 Å². The molecule has 0 saturated heterocycles. The average molecular weight is 110 g/mol. The molecule has 0 aromatic heterocycles. The second-order valence-corrected chi connectivity index (χ2v) is 2.80. The number of hydrogen-bond acceptors (Lipinski definition) is 2. The van der Waals surface area contributed by atoms with Gasteiger partial charge in [-0.2, -0.15) is 10.2 Å². The number of fused-ring (bicyclic) bond motifs is 2. The van der Waals surface area contributed by atoms with Crippen LogP contribution in [0.5, 0.6) is 0 Å². The molecule has 0 amide bonds. The molecule has 0 aromatic carbocycles. The molecule has 2 bridgehead atoms. The third kappa shape index (κ3) is 0.383. The Morgan fingerprint density at radius 2 is 1.62 bits per heavy atom. The Morgan fingerprint density at radius 1 is 1.12 bits per heavy atom. The summed E-state index contributed by atoms with van der Waals surface area (Å²) in [7, 11) is 0. The van der Waals surface area contributed by atoms with E-state index >= 15 is 0 Å². The van der Waals surface area contributed by atoms with Crippen LogP contribution in [-0.2, 0) is 0 Å². The van der Waals surface area contributed by atoms with Crippen molar-refractivity contribution in [3.05, 3.63) is 0 Å². The molecule has 1 fully saturated rings. The molecular formula is C6H10N2. The Labute approximate surface area is 49.0 Å². The second kappa shape index (κ2) is 1.30. The van der Waals surface area contributed by atoms with Gasteiger partial charge in [0.25, 0.3) is 0 Å². The van der Waals surface area contributed by atoms with E-state index < -0.39 is 0 Å². The van der Waals surface area contributed by atoms with E-state index in [-0.39, 0.29) is 0 Å². The Morgan fingerprint density at radius 3 is 1.75 bits per heavy atom. The van der Waals surface area contributed by atoms with Gasteiger partial charge in [0.2, 0.25) is 0 Å². The number of rotatable bonds is 0. The van der Waals surface area contributed by atoms with Crippen molar-refractivity contribution in [1.82, 2.24) is 0 Å². The molecule has 1 aliphatic carbocycles. The quantitative estimate of drug-likeness (QED) is 0.452. The highest BCUT2D eigenvalue weighted by atomic mass is 15.2. The summed E-state index contributed by atoms with van der Waals surface area (Å²) in [4.78, 5) is 0. The standard InChI is InChI=1S/C6H10N2/c1-4-5-2-3-6(4)8-7-5/h4-6H,2-3H2,1H3/t4?,5-,6+. The summed E-state index contributed by atoms with van der Waals surface area (Å²) < 4.78 is 0. The minimum Gasteiger partial charge on any atom is -0.190 e. The predicted molar refractivity (Wildman–Crippen MR) is 30.8 cm³/mol. The highest BCUT2D eigenvalue weighted by Crippen LogP contribution is 2.36. The van der Waals surface area contributed by atoms with Crippen molar-refractivity contribution in [2.24, 2.45) is 16.1 Å². The maximum absolute atomic E-state index is 4.11. The minimum absolute atomic E-state index is 0.597. The normalized spacial score (nSPS) is 50.9. The van der Waals surface area contributed by atoms with Crippen LogP contribution in [0.3, 0.4) is 0 Å². The topological polar surface area (TPSA) is 24.7 Å². The van der Waals surface area contributed by atoms with E-state index in [0.29, 0.717) is 12.1 Å². The van der Waals surface area contributed by atoms with Gasteiger partial charge in [0, 0.05) is 5.92 Å². The SMILES string of the molecule is CC1[C@@H]2CC[C@H]1N=N2. The van der Waals surface area contributed by atoms with Gasteiger partial charge in [0.1, 0.15) is 0 Å². The zero-order valence-electron chi connectivity index (χ0n) is 5.04. The van der Waals surface area contributed by atoms with Crippen molar-refractivity contribution in [3.63, 3.8) is 0 Å². The molecule has 1 unspecified atom stereocenters. The van der Waals surface area contributed by atoms with Crippen molar-refractivity contribution in [3.8, 4) is 0 Å². The van der Waals surface area contributed by atoms with Crippen molar-refractivity contribution >= 4 is 0 Å². The van der Waals surface area contributed by atoms with E-state index in [1.807, 2.05) is 0 Å². The van der Waals surface area contributed by atoms with E-state index in [1.165, 1.54) is 12.8 Å². The molecule has 2 rings (SSSR count). The highest BCUT2D eigenvalue weighted by Gasteiger charge is 2.37. The van der Waals surface area contributed by atoms with Crippen molar-refractivity contribution in [1.29, 1.82) is 0 Å². The Hall–Kier alpha value is -0.400. The lowest BCUT2D eigenvalue weighted by Gasteiger charge is -2.00. The van der Waals surface area contributed by atoms with Gasteiger partial charge in [-0.05, 0) is 12.8 Å². The van der Waals surface area contributed by atoms with Gasteiger partial charge >= 0.3 is 0 Å². The Kier molecular flexibility index (Phi) is 0.729. The van der Waals surface area contributed by atoms with E-state index in [4.69, 9.17) is 0 Å². The molecule has 1 aliphatic heterocycles. The summed E-state index contributed by atoms with van der Waals surface area (Å²) in [5.74, 6) is 0.759. The predicted octanol–water partition coefficient (Wildman–Crippen LogP) is 1.62. The largest absolute Gasteiger partial charge is 0.190 e. The summed E-state index contributed by atoms with van der Waals surface area (Å²) >= 11 is 0. The zero-order chi connectivity index (χ0) is 5.56. The summed E-state index contributed by atoms with van der Waals surface area (Å²) in [6.07, 6.45) is 2.57. The molecule has 1 heterocycles. The van der Waals surface area contributed by atoms with Crippen LogP contribution in [0.4, 0.5) is 0 Å². The number of hydrogen-bond donors (Lipinski definition) is 0. The van der Waals surface area contributed by atoms with Crippen LogP contribution in [0.25, 0.3) is 0 Å². The lowest BCUT2D eigenvalue weighted by molar-refractivity contribution is 0.550. The van der Waals surface area contributed by atoms with Gasteiger partial charge in [-0.3, -0.25) is 0 Å². The first-order valence-corrected chi connectivity index (χ1v) is 3.28. The van der Waals surface area contributed by atoms with Crippen LogP contribution >= 0.6 is 0 Å². The first-order valence-electron chi connectivity index (χ1n) is 3.28. The smallest absolute Gasteiger partial charge is 0.0755 e. The van der Waals surface area contributed by atoms with Crippen LogP contribution in [0.2, 0.25) is 0 Å². The lowest BCUT2D eigenvalue weighted by Crippen LogP contribution is -2.08. The summed E-state index contributed by atoms with van der Waals surface area (Å²) in [6.45, 7) is 2.25. The van der Waals surface area contributed by atoms with E-state index in [9.17, 15) is 0 Å². The van der Waals surface area contributed by atoms with Crippen LogP contribution < -0.4 is 0 Å². The Balaban J connectivity index is 2.27. The fourth-order valence-electron chi connectivity index (χ4n) is 1.62. The van der Waals surface area contributed by atoms with Gasteiger partial charge in [0.15, 0.2) is 0 Å². The highest BCUT2D eigenvalue weighted by molar-refractivity contribution is 4.94. The van der Waals surface area contributed by atoms with Gasteiger partial charge in [-0.25, -0.2) is 0 Å². The summed E-state index contributed by atoms with van der Waals surface area (Å²) in [6, 6.07) is 1.19. The maximum atomic E-state index is 4.11. The molecule has 1 saturated carbocycles. The molecule has 2 aliphatic rings. The van der Waals surface area contributed by atoms with Gasteiger partial charge in [-0.15, -0.1) is 0 Å². The molecule has 0 radical (unpaired) electrons. The molecular weight excluding hydrogens is 100 g/mol. The molecule has 3 atom stereocenters. The summed E-state index contributed by atoms with van der Waals surface area (Å²) in [5.41, 5.74) is 0. The molecule has 44 valence electrons. The van der Waals surface area contributed by atoms with E-state index in [1.54, 1.807) is 0 Å². The number of nitrogens with zero attached hydrogens (tertiary/aromatic N) is 2. The second-order valence-electron chi connectivity index (χ2n) is 2.80. The first kappa shape index (κ1) is 4.48. The van der Waals surface area contributed by atoms with Crippen molar-refractivity contribution < 1.29 is 0 Å². The minimum atomic E-state index is 0.597. The fourth-order valence-corrected chi connectivity index (χ4v) is 1.62. The fraction of sp³-hybridized carbons (Fsp3) is 1.00. The van der Waals surface area contributed by atoms with E-state index in [2.05, 4.69) is 17.2 Å². The maximum Gasteiger partial charge on any atom is 0.0755 e. The monoisotopic (exact) mass is 110 g/mol. The van der Waals surface area contributed by atoms with Crippen LogP contribution in [0, 0.1) is 5.92 Å². The molecule has 8 heavy (non-hydrogen) atoms. The molecule has 0 aromatic rings. The summed E-state index contributed by atoms with van der Waals surface area (Å²) in [5, 5.41) is 8.22. The zero-order valence-corrected chi connectivity index (χ0v) is 5.04. The average Bonchev–Trinajstić information content (AvgIpc) is 2.29. The third-order valence-electron chi connectivity index (χ3n) is 2.34.